The molecule has 0 bridgehead atoms. The number of amides is 1. The SMILES string of the molecule is NC(=S)c1cccc(NC(=O)CCN2CCCC2)c1. The van der Waals surface area contributed by atoms with Gasteiger partial charge in [-0.3, -0.25) is 4.79 Å². The number of anilines is 1. The number of likely N-dealkylation sites (tertiary alicyclic amines) is 1. The fraction of sp³-hybridized carbons (Fsp3) is 0.429. The minimum Gasteiger partial charge on any atom is -0.389 e. The van der Waals surface area contributed by atoms with Gasteiger partial charge in [-0.05, 0) is 38.1 Å². The Morgan fingerprint density at radius 2 is 2.11 bits per heavy atom. The molecule has 0 spiro atoms. The van der Waals surface area contributed by atoms with Crippen LogP contribution in [0.3, 0.4) is 0 Å². The first-order valence-electron chi connectivity index (χ1n) is 6.57. The predicted molar refractivity (Wildman–Crippen MR) is 81.3 cm³/mol. The zero-order valence-corrected chi connectivity index (χ0v) is 11.7. The molecule has 1 aromatic carbocycles. The third-order valence-electron chi connectivity index (χ3n) is 3.28. The smallest absolute Gasteiger partial charge is 0.225 e. The van der Waals surface area contributed by atoms with Crippen LogP contribution in [0.15, 0.2) is 24.3 Å². The lowest BCUT2D eigenvalue weighted by molar-refractivity contribution is -0.116. The van der Waals surface area contributed by atoms with Gasteiger partial charge in [0.05, 0.1) is 0 Å². The highest BCUT2D eigenvalue weighted by atomic mass is 32.1. The van der Waals surface area contributed by atoms with Crippen molar-refractivity contribution in [2.24, 2.45) is 5.73 Å². The summed E-state index contributed by atoms with van der Waals surface area (Å²) in [4.78, 5) is 14.5. The highest BCUT2D eigenvalue weighted by Gasteiger charge is 2.12. The second-order valence-corrected chi connectivity index (χ2v) is 5.23. The summed E-state index contributed by atoms with van der Waals surface area (Å²) in [5, 5.41) is 2.88. The van der Waals surface area contributed by atoms with E-state index in [2.05, 4.69) is 10.2 Å². The monoisotopic (exact) mass is 277 g/mol. The van der Waals surface area contributed by atoms with Crippen molar-refractivity contribution in [2.45, 2.75) is 19.3 Å². The number of hydrogen-bond donors (Lipinski definition) is 2. The number of nitrogens with two attached hydrogens (primary N) is 1. The molecular weight excluding hydrogens is 258 g/mol. The Bertz CT molecular complexity index is 470. The average molecular weight is 277 g/mol. The Balaban J connectivity index is 1.84. The summed E-state index contributed by atoms with van der Waals surface area (Å²) in [5.41, 5.74) is 7.08. The summed E-state index contributed by atoms with van der Waals surface area (Å²) < 4.78 is 0. The Kier molecular flexibility index (Phi) is 4.87. The maximum Gasteiger partial charge on any atom is 0.225 e. The summed E-state index contributed by atoms with van der Waals surface area (Å²) in [6.07, 6.45) is 3.02. The van der Waals surface area contributed by atoms with Crippen molar-refractivity contribution in [3.8, 4) is 0 Å². The number of carbonyl (C=O) groups excluding carboxylic acids is 1. The zero-order chi connectivity index (χ0) is 13.7. The molecule has 5 heteroatoms. The molecule has 1 fully saturated rings. The van der Waals surface area contributed by atoms with Gasteiger partial charge in [0.2, 0.25) is 5.91 Å². The van der Waals surface area contributed by atoms with Crippen molar-refractivity contribution in [1.29, 1.82) is 0 Å². The molecule has 1 saturated heterocycles. The van der Waals surface area contributed by atoms with E-state index in [9.17, 15) is 4.79 Å². The van der Waals surface area contributed by atoms with Gasteiger partial charge in [0.1, 0.15) is 4.99 Å². The van der Waals surface area contributed by atoms with Crippen LogP contribution in [0, 0.1) is 0 Å². The van der Waals surface area contributed by atoms with Crippen LogP contribution < -0.4 is 11.1 Å². The lowest BCUT2D eigenvalue weighted by atomic mass is 10.2. The lowest BCUT2D eigenvalue weighted by Gasteiger charge is -2.14. The van der Waals surface area contributed by atoms with Crippen LogP contribution in [-0.2, 0) is 4.79 Å². The van der Waals surface area contributed by atoms with E-state index in [0.29, 0.717) is 11.4 Å². The van der Waals surface area contributed by atoms with E-state index in [1.165, 1.54) is 12.8 Å². The molecule has 0 atom stereocenters. The highest BCUT2D eigenvalue weighted by Crippen LogP contribution is 2.12. The molecule has 3 N–H and O–H groups in total. The first-order chi connectivity index (χ1) is 9.15. The van der Waals surface area contributed by atoms with E-state index < -0.39 is 0 Å². The summed E-state index contributed by atoms with van der Waals surface area (Å²) >= 11 is 4.92. The van der Waals surface area contributed by atoms with Crippen molar-refractivity contribution in [2.75, 3.05) is 25.0 Å². The van der Waals surface area contributed by atoms with Gasteiger partial charge in [-0.15, -0.1) is 0 Å². The molecule has 19 heavy (non-hydrogen) atoms. The van der Waals surface area contributed by atoms with E-state index in [-0.39, 0.29) is 5.91 Å². The molecule has 0 unspecified atom stereocenters. The van der Waals surface area contributed by atoms with Crippen molar-refractivity contribution < 1.29 is 4.79 Å². The number of nitrogens with one attached hydrogen (secondary N) is 1. The maximum atomic E-state index is 11.8. The Morgan fingerprint density at radius 1 is 1.37 bits per heavy atom. The largest absolute Gasteiger partial charge is 0.389 e. The number of carbonyl (C=O) groups is 1. The number of benzene rings is 1. The molecule has 4 nitrogen and oxygen atoms in total. The lowest BCUT2D eigenvalue weighted by Crippen LogP contribution is -2.25. The first kappa shape index (κ1) is 14.0. The second-order valence-electron chi connectivity index (χ2n) is 4.79. The maximum absolute atomic E-state index is 11.8. The quantitative estimate of drug-likeness (QED) is 0.805. The molecule has 0 aliphatic carbocycles. The van der Waals surface area contributed by atoms with Crippen molar-refractivity contribution in [3.05, 3.63) is 29.8 Å². The van der Waals surface area contributed by atoms with Crippen LogP contribution in [0.25, 0.3) is 0 Å². The van der Waals surface area contributed by atoms with E-state index >= 15 is 0 Å². The standard InChI is InChI=1S/C14H19N3OS/c15-14(19)11-4-3-5-12(10-11)16-13(18)6-9-17-7-1-2-8-17/h3-5,10H,1-2,6-9H2,(H2,15,19)(H,16,18). The summed E-state index contributed by atoms with van der Waals surface area (Å²) in [7, 11) is 0. The summed E-state index contributed by atoms with van der Waals surface area (Å²) in [5.74, 6) is 0.0342. The van der Waals surface area contributed by atoms with Crippen LogP contribution in [-0.4, -0.2) is 35.4 Å². The van der Waals surface area contributed by atoms with Gasteiger partial charge in [0.25, 0.3) is 0 Å². The Labute approximate surface area is 119 Å². The molecule has 1 heterocycles. The fourth-order valence-corrected chi connectivity index (χ4v) is 2.37. The topological polar surface area (TPSA) is 58.4 Å². The average Bonchev–Trinajstić information content (AvgIpc) is 2.90. The molecule has 0 radical (unpaired) electrons. The van der Waals surface area contributed by atoms with Crippen molar-refractivity contribution in [1.82, 2.24) is 4.90 Å². The molecular formula is C14H19N3OS. The summed E-state index contributed by atoms with van der Waals surface area (Å²) in [6, 6.07) is 7.32. The number of rotatable bonds is 5. The number of nitrogens with zero attached hydrogens (tertiary/aromatic N) is 1. The predicted octanol–water partition coefficient (Wildman–Crippen LogP) is 1.75. The van der Waals surface area contributed by atoms with Gasteiger partial charge in [-0.25, -0.2) is 0 Å². The van der Waals surface area contributed by atoms with Gasteiger partial charge < -0.3 is 16.0 Å². The highest BCUT2D eigenvalue weighted by molar-refractivity contribution is 7.80. The molecule has 1 amide bonds. The van der Waals surface area contributed by atoms with Gasteiger partial charge in [-0.1, -0.05) is 24.4 Å². The van der Waals surface area contributed by atoms with E-state index in [1.807, 2.05) is 18.2 Å². The van der Waals surface area contributed by atoms with Crippen molar-refractivity contribution in [3.63, 3.8) is 0 Å². The normalized spacial score (nSPS) is 15.4. The minimum absolute atomic E-state index is 0.0342. The molecule has 1 aliphatic rings. The van der Waals surface area contributed by atoms with Crippen LogP contribution in [0.2, 0.25) is 0 Å². The van der Waals surface area contributed by atoms with E-state index in [0.717, 1.165) is 30.9 Å². The fourth-order valence-electron chi connectivity index (χ4n) is 2.24. The van der Waals surface area contributed by atoms with Gasteiger partial charge in [0, 0.05) is 24.2 Å². The molecule has 2 rings (SSSR count). The van der Waals surface area contributed by atoms with Gasteiger partial charge in [-0.2, -0.15) is 0 Å². The molecule has 0 aromatic heterocycles. The third kappa shape index (κ3) is 4.29. The molecule has 102 valence electrons. The number of hydrogen-bond acceptors (Lipinski definition) is 3. The summed E-state index contributed by atoms with van der Waals surface area (Å²) in [6.45, 7) is 3.06. The van der Waals surface area contributed by atoms with E-state index in [1.54, 1.807) is 6.07 Å². The van der Waals surface area contributed by atoms with Crippen LogP contribution >= 0.6 is 12.2 Å². The zero-order valence-electron chi connectivity index (χ0n) is 10.9. The molecule has 1 aromatic rings. The first-order valence-corrected chi connectivity index (χ1v) is 6.98. The van der Waals surface area contributed by atoms with Gasteiger partial charge in [0.15, 0.2) is 0 Å². The molecule has 1 aliphatic heterocycles. The van der Waals surface area contributed by atoms with Crippen LogP contribution in [0.1, 0.15) is 24.8 Å². The Hall–Kier alpha value is -1.46. The van der Waals surface area contributed by atoms with Gasteiger partial charge >= 0.3 is 0 Å². The minimum atomic E-state index is 0.0342. The third-order valence-corrected chi connectivity index (χ3v) is 3.52. The Morgan fingerprint density at radius 3 is 2.79 bits per heavy atom. The molecule has 0 saturated carbocycles. The van der Waals surface area contributed by atoms with Crippen molar-refractivity contribution >= 4 is 28.8 Å². The van der Waals surface area contributed by atoms with Crippen LogP contribution in [0.5, 0.6) is 0 Å². The van der Waals surface area contributed by atoms with Crippen LogP contribution in [0.4, 0.5) is 5.69 Å². The second kappa shape index (κ2) is 6.63. The van der Waals surface area contributed by atoms with E-state index in [4.69, 9.17) is 18.0 Å². The number of thiocarbonyl (C=S) groups is 1.